The van der Waals surface area contributed by atoms with Crippen LogP contribution in [0.15, 0.2) is 18.3 Å². The molecule has 1 aromatic heterocycles. The van der Waals surface area contributed by atoms with Crippen molar-refractivity contribution in [3.63, 3.8) is 0 Å². The Morgan fingerprint density at radius 2 is 2.38 bits per heavy atom. The van der Waals surface area contributed by atoms with E-state index in [4.69, 9.17) is 10.5 Å². The van der Waals surface area contributed by atoms with Crippen molar-refractivity contribution in [3.05, 3.63) is 24.0 Å². The van der Waals surface area contributed by atoms with Crippen LogP contribution in [0.2, 0.25) is 0 Å². The van der Waals surface area contributed by atoms with Crippen molar-refractivity contribution >= 4 is 5.97 Å². The zero-order valence-corrected chi connectivity index (χ0v) is 9.01. The number of rotatable bonds is 3. The topological polar surface area (TPSA) is 85.4 Å². The van der Waals surface area contributed by atoms with E-state index in [1.807, 2.05) is 0 Å². The summed E-state index contributed by atoms with van der Waals surface area (Å²) in [5.74, 6) is -0.372. The van der Waals surface area contributed by atoms with Crippen molar-refractivity contribution in [1.29, 1.82) is 0 Å². The highest BCUT2D eigenvalue weighted by molar-refractivity contribution is 5.83. The van der Waals surface area contributed by atoms with Crippen LogP contribution in [0.5, 0.6) is 5.75 Å². The van der Waals surface area contributed by atoms with Gasteiger partial charge in [-0.15, -0.1) is 0 Å². The molecule has 0 unspecified atom stereocenters. The van der Waals surface area contributed by atoms with Crippen LogP contribution < -0.4 is 10.5 Å². The molecule has 2 rings (SSSR count). The smallest absolute Gasteiger partial charge is 0.316 e. The SMILES string of the molecule is COc1cccnc1C1(C(=O)O)CC(N)C1. The lowest BCUT2D eigenvalue weighted by Crippen LogP contribution is -2.54. The second-order valence-corrected chi connectivity index (χ2v) is 4.11. The number of carboxylic acid groups (broad SMARTS) is 1. The fraction of sp³-hybridized carbons (Fsp3) is 0.455. The van der Waals surface area contributed by atoms with Gasteiger partial charge in [0.2, 0.25) is 0 Å². The quantitative estimate of drug-likeness (QED) is 0.779. The molecule has 16 heavy (non-hydrogen) atoms. The lowest BCUT2D eigenvalue weighted by Gasteiger charge is -2.42. The molecule has 0 saturated heterocycles. The highest BCUT2D eigenvalue weighted by Gasteiger charge is 2.53. The van der Waals surface area contributed by atoms with Crippen LogP contribution in [0.4, 0.5) is 0 Å². The Labute approximate surface area is 93.2 Å². The first-order valence-electron chi connectivity index (χ1n) is 5.08. The van der Waals surface area contributed by atoms with Crippen LogP contribution >= 0.6 is 0 Å². The number of nitrogens with zero attached hydrogens (tertiary/aromatic N) is 1. The third kappa shape index (κ3) is 1.44. The number of hydrogen-bond acceptors (Lipinski definition) is 4. The van der Waals surface area contributed by atoms with Gasteiger partial charge in [-0.3, -0.25) is 9.78 Å². The Morgan fingerprint density at radius 1 is 1.69 bits per heavy atom. The summed E-state index contributed by atoms with van der Waals surface area (Å²) in [6.45, 7) is 0. The molecule has 1 fully saturated rings. The summed E-state index contributed by atoms with van der Waals surface area (Å²) in [7, 11) is 1.51. The Kier molecular flexibility index (Phi) is 2.55. The number of aromatic nitrogens is 1. The number of carbonyl (C=O) groups is 1. The average Bonchev–Trinajstić information content (AvgIpc) is 2.24. The van der Waals surface area contributed by atoms with Gasteiger partial charge in [-0.2, -0.15) is 0 Å². The van der Waals surface area contributed by atoms with Crippen LogP contribution in [0.1, 0.15) is 18.5 Å². The van der Waals surface area contributed by atoms with E-state index in [2.05, 4.69) is 4.98 Å². The van der Waals surface area contributed by atoms with E-state index in [0.29, 0.717) is 24.3 Å². The van der Waals surface area contributed by atoms with Crippen LogP contribution in [0.3, 0.4) is 0 Å². The van der Waals surface area contributed by atoms with E-state index in [1.54, 1.807) is 18.3 Å². The lowest BCUT2D eigenvalue weighted by molar-refractivity contribution is -0.148. The van der Waals surface area contributed by atoms with E-state index >= 15 is 0 Å². The molecule has 0 aromatic carbocycles. The molecular weight excluding hydrogens is 208 g/mol. The van der Waals surface area contributed by atoms with Gasteiger partial charge in [-0.25, -0.2) is 0 Å². The number of nitrogens with two attached hydrogens (primary N) is 1. The summed E-state index contributed by atoms with van der Waals surface area (Å²) in [6.07, 6.45) is 2.40. The van der Waals surface area contributed by atoms with Gasteiger partial charge in [0.25, 0.3) is 0 Å². The van der Waals surface area contributed by atoms with Crippen molar-refractivity contribution in [2.45, 2.75) is 24.3 Å². The standard InChI is InChI=1S/C11H14N2O3/c1-16-8-3-2-4-13-9(8)11(10(14)15)5-7(12)6-11/h2-4,7H,5-6,12H2,1H3,(H,14,15). The summed E-state index contributed by atoms with van der Waals surface area (Å²) in [4.78, 5) is 15.5. The maximum atomic E-state index is 11.4. The minimum Gasteiger partial charge on any atom is -0.495 e. The largest absolute Gasteiger partial charge is 0.495 e. The second kappa shape index (κ2) is 3.75. The zero-order chi connectivity index (χ0) is 11.8. The van der Waals surface area contributed by atoms with E-state index in [-0.39, 0.29) is 6.04 Å². The first-order valence-corrected chi connectivity index (χ1v) is 5.08. The molecule has 0 atom stereocenters. The summed E-state index contributed by atoms with van der Waals surface area (Å²) < 4.78 is 5.15. The van der Waals surface area contributed by atoms with E-state index in [9.17, 15) is 9.90 Å². The summed E-state index contributed by atoms with van der Waals surface area (Å²) in [5.41, 5.74) is 5.20. The third-order valence-corrected chi connectivity index (χ3v) is 3.07. The number of carboxylic acids is 1. The summed E-state index contributed by atoms with van der Waals surface area (Å²) in [6, 6.07) is 3.37. The number of pyridine rings is 1. The molecule has 1 aliphatic carbocycles. The highest BCUT2D eigenvalue weighted by Crippen LogP contribution is 2.45. The van der Waals surface area contributed by atoms with Crippen LogP contribution in [-0.4, -0.2) is 29.2 Å². The van der Waals surface area contributed by atoms with E-state index in [0.717, 1.165) is 0 Å². The number of aliphatic carboxylic acids is 1. The van der Waals surface area contributed by atoms with Gasteiger partial charge in [0.15, 0.2) is 0 Å². The van der Waals surface area contributed by atoms with Crippen molar-refractivity contribution in [2.75, 3.05) is 7.11 Å². The van der Waals surface area contributed by atoms with Gasteiger partial charge in [-0.05, 0) is 25.0 Å². The fourth-order valence-electron chi connectivity index (χ4n) is 2.22. The Morgan fingerprint density at radius 3 is 2.88 bits per heavy atom. The number of ether oxygens (including phenoxy) is 1. The first kappa shape index (κ1) is 10.9. The van der Waals surface area contributed by atoms with Crippen LogP contribution in [0, 0.1) is 0 Å². The van der Waals surface area contributed by atoms with Gasteiger partial charge in [0.05, 0.1) is 12.8 Å². The van der Waals surface area contributed by atoms with Gasteiger partial charge in [0, 0.05) is 12.2 Å². The maximum Gasteiger partial charge on any atom is 0.316 e. The van der Waals surface area contributed by atoms with Crippen molar-refractivity contribution in [1.82, 2.24) is 4.98 Å². The average molecular weight is 222 g/mol. The molecule has 0 spiro atoms. The van der Waals surface area contributed by atoms with Gasteiger partial charge >= 0.3 is 5.97 Å². The minimum atomic E-state index is -0.966. The monoisotopic (exact) mass is 222 g/mol. The minimum absolute atomic E-state index is 0.0668. The molecule has 1 saturated carbocycles. The first-order chi connectivity index (χ1) is 7.60. The van der Waals surface area contributed by atoms with Gasteiger partial charge in [-0.1, -0.05) is 0 Å². The molecule has 5 nitrogen and oxygen atoms in total. The Balaban J connectivity index is 2.44. The Hall–Kier alpha value is -1.62. The normalized spacial score (nSPS) is 28.2. The molecule has 1 aliphatic rings. The summed E-state index contributed by atoms with van der Waals surface area (Å²) >= 11 is 0. The molecule has 3 N–H and O–H groups in total. The van der Waals surface area contributed by atoms with Gasteiger partial charge < -0.3 is 15.6 Å². The zero-order valence-electron chi connectivity index (χ0n) is 9.01. The van der Waals surface area contributed by atoms with Crippen LogP contribution in [-0.2, 0) is 10.2 Å². The number of methoxy groups -OCH3 is 1. The molecule has 0 bridgehead atoms. The third-order valence-electron chi connectivity index (χ3n) is 3.07. The van der Waals surface area contributed by atoms with Gasteiger partial charge in [0.1, 0.15) is 11.2 Å². The Bertz CT molecular complexity index is 413. The molecule has 1 heterocycles. The molecular formula is C11H14N2O3. The maximum absolute atomic E-state index is 11.4. The predicted octanol–water partition coefficient (Wildman–Crippen LogP) is 0.534. The van der Waals surface area contributed by atoms with Crippen molar-refractivity contribution < 1.29 is 14.6 Å². The van der Waals surface area contributed by atoms with Crippen molar-refractivity contribution in [2.24, 2.45) is 5.73 Å². The fourth-order valence-corrected chi connectivity index (χ4v) is 2.22. The van der Waals surface area contributed by atoms with E-state index in [1.165, 1.54) is 7.11 Å². The van der Waals surface area contributed by atoms with E-state index < -0.39 is 11.4 Å². The molecule has 86 valence electrons. The molecule has 0 aliphatic heterocycles. The van der Waals surface area contributed by atoms with Crippen LogP contribution in [0.25, 0.3) is 0 Å². The predicted molar refractivity (Wildman–Crippen MR) is 57.3 cm³/mol. The molecule has 0 radical (unpaired) electrons. The lowest BCUT2D eigenvalue weighted by atomic mass is 9.63. The molecule has 1 aromatic rings. The molecule has 5 heteroatoms. The highest BCUT2D eigenvalue weighted by atomic mass is 16.5. The number of hydrogen-bond donors (Lipinski definition) is 2. The second-order valence-electron chi connectivity index (χ2n) is 4.11. The summed E-state index contributed by atoms with van der Waals surface area (Å²) in [5, 5.41) is 9.32. The molecule has 0 amide bonds. The van der Waals surface area contributed by atoms with Crippen molar-refractivity contribution in [3.8, 4) is 5.75 Å².